The van der Waals surface area contributed by atoms with E-state index in [-0.39, 0.29) is 0 Å². The van der Waals surface area contributed by atoms with Crippen molar-refractivity contribution < 1.29 is 0 Å². The largest absolute Gasteiger partial charge is 0.0651 e. The summed E-state index contributed by atoms with van der Waals surface area (Å²) in [6.07, 6.45) is 8.28. The molecular formula is C23H48. The predicted octanol–water partition coefficient (Wildman–Crippen LogP) is 8.21. The van der Waals surface area contributed by atoms with Gasteiger partial charge in [-0.3, -0.25) is 0 Å². The first kappa shape index (κ1) is 23.0. The molecule has 0 saturated heterocycles. The highest BCUT2D eigenvalue weighted by molar-refractivity contribution is 4.84. The summed E-state index contributed by atoms with van der Waals surface area (Å²) in [7, 11) is 0. The van der Waals surface area contributed by atoms with Crippen LogP contribution in [-0.2, 0) is 0 Å². The van der Waals surface area contributed by atoms with Crippen molar-refractivity contribution in [1.82, 2.24) is 0 Å². The van der Waals surface area contributed by atoms with Gasteiger partial charge in [0, 0.05) is 0 Å². The Morgan fingerprint density at radius 3 is 1.70 bits per heavy atom. The SMILES string of the molecule is CCC(C)C(C)(CC)C(C)CC(C)CCC(CC(C)C)C(C)C. The quantitative estimate of drug-likeness (QED) is 0.339. The van der Waals surface area contributed by atoms with Gasteiger partial charge in [-0.2, -0.15) is 0 Å². The summed E-state index contributed by atoms with van der Waals surface area (Å²) in [5.41, 5.74) is 0.512. The second-order valence-corrected chi connectivity index (χ2v) is 9.62. The van der Waals surface area contributed by atoms with Gasteiger partial charge in [-0.25, -0.2) is 0 Å². The molecule has 0 saturated carbocycles. The Hall–Kier alpha value is 0. The van der Waals surface area contributed by atoms with Gasteiger partial charge in [0.2, 0.25) is 0 Å². The van der Waals surface area contributed by atoms with Gasteiger partial charge in [0.05, 0.1) is 0 Å². The lowest BCUT2D eigenvalue weighted by atomic mass is 9.64. The van der Waals surface area contributed by atoms with E-state index in [0.29, 0.717) is 5.41 Å². The summed E-state index contributed by atoms with van der Waals surface area (Å²) in [6.45, 7) is 24.3. The molecule has 0 aromatic rings. The highest BCUT2D eigenvalue weighted by atomic mass is 14.4. The minimum atomic E-state index is 0.512. The smallest absolute Gasteiger partial charge is 0.0277 e. The zero-order valence-electron chi connectivity index (χ0n) is 18.2. The molecule has 0 N–H and O–H groups in total. The van der Waals surface area contributed by atoms with E-state index in [9.17, 15) is 0 Å². The number of hydrogen-bond donors (Lipinski definition) is 0. The van der Waals surface area contributed by atoms with Crippen molar-refractivity contribution in [3.63, 3.8) is 0 Å². The van der Waals surface area contributed by atoms with Crippen molar-refractivity contribution in [2.24, 2.45) is 40.9 Å². The van der Waals surface area contributed by atoms with E-state index in [0.717, 1.165) is 35.5 Å². The predicted molar refractivity (Wildman–Crippen MR) is 108 cm³/mol. The van der Waals surface area contributed by atoms with Crippen LogP contribution in [-0.4, -0.2) is 0 Å². The second kappa shape index (κ2) is 10.8. The molecular weight excluding hydrogens is 276 g/mol. The molecule has 0 aliphatic heterocycles. The van der Waals surface area contributed by atoms with Crippen molar-refractivity contribution in [2.45, 2.75) is 108 Å². The van der Waals surface area contributed by atoms with Crippen LogP contribution in [0.3, 0.4) is 0 Å². The van der Waals surface area contributed by atoms with E-state index in [4.69, 9.17) is 0 Å². The Balaban J connectivity index is 4.54. The third-order valence-corrected chi connectivity index (χ3v) is 7.13. The summed E-state index contributed by atoms with van der Waals surface area (Å²) in [4.78, 5) is 0. The lowest BCUT2D eigenvalue weighted by Gasteiger charge is -2.41. The van der Waals surface area contributed by atoms with Gasteiger partial charge in [-0.15, -0.1) is 0 Å². The third kappa shape index (κ3) is 7.61. The van der Waals surface area contributed by atoms with Gasteiger partial charge >= 0.3 is 0 Å². The van der Waals surface area contributed by atoms with Crippen LogP contribution in [0.15, 0.2) is 0 Å². The van der Waals surface area contributed by atoms with Crippen LogP contribution in [0.25, 0.3) is 0 Å². The summed E-state index contributed by atoms with van der Waals surface area (Å²) in [5, 5.41) is 0. The van der Waals surface area contributed by atoms with Gasteiger partial charge in [0.15, 0.2) is 0 Å². The summed E-state index contributed by atoms with van der Waals surface area (Å²) in [6, 6.07) is 0. The van der Waals surface area contributed by atoms with E-state index < -0.39 is 0 Å². The molecule has 0 bridgehead atoms. The molecule has 23 heavy (non-hydrogen) atoms. The third-order valence-electron chi connectivity index (χ3n) is 7.13. The average Bonchev–Trinajstić information content (AvgIpc) is 2.48. The van der Waals surface area contributed by atoms with Gasteiger partial charge in [0.25, 0.3) is 0 Å². The van der Waals surface area contributed by atoms with E-state index >= 15 is 0 Å². The second-order valence-electron chi connectivity index (χ2n) is 9.62. The van der Waals surface area contributed by atoms with Crippen molar-refractivity contribution in [1.29, 1.82) is 0 Å². The molecule has 0 aliphatic rings. The Bertz CT molecular complexity index is 290. The molecule has 5 unspecified atom stereocenters. The maximum absolute atomic E-state index is 2.54. The fourth-order valence-electron chi connectivity index (χ4n) is 4.47. The standard InChI is InChI=1S/C23H48/c1-11-20(8)23(10,12-2)21(9)16-19(7)13-14-22(18(5)6)15-17(3)4/h17-22H,11-16H2,1-10H3. The van der Waals surface area contributed by atoms with Crippen molar-refractivity contribution in [2.75, 3.05) is 0 Å². The molecule has 0 nitrogen and oxygen atoms in total. The van der Waals surface area contributed by atoms with Crippen molar-refractivity contribution in [3.05, 3.63) is 0 Å². The van der Waals surface area contributed by atoms with Crippen molar-refractivity contribution >= 4 is 0 Å². The van der Waals surface area contributed by atoms with Crippen LogP contribution in [0.2, 0.25) is 0 Å². The van der Waals surface area contributed by atoms with Crippen LogP contribution in [0.5, 0.6) is 0 Å². The molecule has 0 rings (SSSR count). The first-order valence-corrected chi connectivity index (χ1v) is 10.6. The Morgan fingerprint density at radius 1 is 0.739 bits per heavy atom. The summed E-state index contributed by atoms with van der Waals surface area (Å²) < 4.78 is 0. The van der Waals surface area contributed by atoms with E-state index in [1.54, 1.807) is 0 Å². The van der Waals surface area contributed by atoms with Crippen LogP contribution >= 0.6 is 0 Å². The molecule has 0 heterocycles. The summed E-state index contributed by atoms with van der Waals surface area (Å²) in [5.74, 6) is 5.13. The summed E-state index contributed by atoms with van der Waals surface area (Å²) >= 11 is 0. The minimum Gasteiger partial charge on any atom is -0.0651 e. The molecule has 140 valence electrons. The normalized spacial score (nSPS) is 20.3. The van der Waals surface area contributed by atoms with Crippen LogP contribution in [0.1, 0.15) is 108 Å². The highest BCUT2D eigenvalue weighted by Crippen LogP contribution is 2.43. The van der Waals surface area contributed by atoms with E-state index in [1.165, 1.54) is 38.5 Å². The topological polar surface area (TPSA) is 0 Å². The molecule has 0 heteroatoms. The number of rotatable bonds is 12. The first-order chi connectivity index (χ1) is 10.6. The van der Waals surface area contributed by atoms with Crippen LogP contribution in [0.4, 0.5) is 0 Å². The van der Waals surface area contributed by atoms with E-state index in [1.807, 2.05) is 0 Å². The monoisotopic (exact) mass is 324 g/mol. The minimum absolute atomic E-state index is 0.512. The fourth-order valence-corrected chi connectivity index (χ4v) is 4.47. The fraction of sp³-hybridized carbons (Fsp3) is 1.00. The molecule has 0 spiro atoms. The van der Waals surface area contributed by atoms with Gasteiger partial charge in [-0.05, 0) is 60.2 Å². The first-order valence-electron chi connectivity index (χ1n) is 10.6. The van der Waals surface area contributed by atoms with Crippen molar-refractivity contribution in [3.8, 4) is 0 Å². The number of hydrogen-bond acceptors (Lipinski definition) is 0. The van der Waals surface area contributed by atoms with Crippen LogP contribution < -0.4 is 0 Å². The van der Waals surface area contributed by atoms with Gasteiger partial charge < -0.3 is 0 Å². The molecule has 0 amide bonds. The molecule has 0 aliphatic carbocycles. The zero-order valence-corrected chi connectivity index (χ0v) is 18.2. The molecule has 0 aromatic carbocycles. The molecule has 5 atom stereocenters. The van der Waals surface area contributed by atoms with E-state index in [2.05, 4.69) is 69.2 Å². The molecule has 0 aromatic heterocycles. The average molecular weight is 325 g/mol. The zero-order chi connectivity index (χ0) is 18.2. The Morgan fingerprint density at radius 2 is 1.30 bits per heavy atom. The van der Waals surface area contributed by atoms with Gasteiger partial charge in [0.1, 0.15) is 0 Å². The Kier molecular flexibility index (Phi) is 10.8. The van der Waals surface area contributed by atoms with Crippen LogP contribution in [0, 0.1) is 40.9 Å². The lowest BCUT2D eigenvalue weighted by molar-refractivity contribution is 0.0844. The molecule has 0 radical (unpaired) electrons. The van der Waals surface area contributed by atoms with Gasteiger partial charge in [-0.1, -0.05) is 88.5 Å². The maximum Gasteiger partial charge on any atom is -0.0277 e. The highest BCUT2D eigenvalue weighted by Gasteiger charge is 2.34. The molecule has 0 fully saturated rings. The lowest BCUT2D eigenvalue weighted by Crippen LogP contribution is -2.32. The maximum atomic E-state index is 2.54. The Labute approximate surface area is 149 Å².